The van der Waals surface area contributed by atoms with E-state index in [1.54, 1.807) is 30.2 Å². The Balaban J connectivity index is 2.27. The van der Waals surface area contributed by atoms with Gasteiger partial charge in [-0.1, -0.05) is 11.6 Å². The fourth-order valence-electron chi connectivity index (χ4n) is 1.51. The average Bonchev–Trinajstić information content (AvgIpc) is 2.38. The van der Waals surface area contributed by atoms with Gasteiger partial charge in [0.25, 0.3) is 0 Å². The number of benzene rings is 1. The number of anilines is 4. The Hall–Kier alpha value is -2.28. The average molecular weight is 295 g/mol. The van der Waals surface area contributed by atoms with Crippen molar-refractivity contribution >= 4 is 35.1 Å². The molecule has 0 atom stereocenters. The first kappa shape index (κ1) is 14.1. The van der Waals surface area contributed by atoms with E-state index < -0.39 is 0 Å². The molecule has 8 heteroatoms. The second kappa shape index (κ2) is 5.79. The topological polar surface area (TPSA) is 89.2 Å². The van der Waals surface area contributed by atoms with Crippen molar-refractivity contribution in [3.63, 3.8) is 0 Å². The number of ether oxygens (including phenoxy) is 1. The zero-order valence-corrected chi connectivity index (χ0v) is 12.1. The van der Waals surface area contributed by atoms with Crippen molar-refractivity contribution in [1.29, 1.82) is 0 Å². The number of nitrogens with one attached hydrogen (secondary N) is 1. The summed E-state index contributed by atoms with van der Waals surface area (Å²) in [6.07, 6.45) is 0. The number of halogens is 1. The summed E-state index contributed by atoms with van der Waals surface area (Å²) >= 11 is 6.06. The summed E-state index contributed by atoms with van der Waals surface area (Å²) in [6.45, 7) is 0. The Labute approximate surface area is 121 Å². The van der Waals surface area contributed by atoms with Crippen LogP contribution in [-0.4, -0.2) is 36.2 Å². The molecule has 2 aromatic rings. The molecule has 0 fully saturated rings. The highest BCUT2D eigenvalue weighted by Gasteiger charge is 2.08. The van der Waals surface area contributed by atoms with E-state index in [4.69, 9.17) is 22.1 Å². The normalized spacial score (nSPS) is 10.2. The number of methoxy groups -OCH3 is 1. The number of nitrogens with two attached hydrogens (primary N) is 1. The third-order valence-electron chi connectivity index (χ3n) is 2.45. The number of rotatable bonds is 4. The van der Waals surface area contributed by atoms with Gasteiger partial charge in [-0.25, -0.2) is 0 Å². The highest BCUT2D eigenvalue weighted by Crippen LogP contribution is 2.28. The minimum atomic E-state index is 0.144. The quantitative estimate of drug-likeness (QED) is 0.890. The van der Waals surface area contributed by atoms with Crippen LogP contribution in [0.3, 0.4) is 0 Å². The lowest BCUT2D eigenvalue weighted by Gasteiger charge is -2.12. The van der Waals surface area contributed by atoms with Gasteiger partial charge in [-0.2, -0.15) is 15.0 Å². The van der Waals surface area contributed by atoms with Crippen molar-refractivity contribution in [3.05, 3.63) is 23.2 Å². The van der Waals surface area contributed by atoms with Crippen molar-refractivity contribution in [2.45, 2.75) is 0 Å². The Kier molecular flexibility index (Phi) is 4.09. The fourth-order valence-corrected chi connectivity index (χ4v) is 1.77. The van der Waals surface area contributed by atoms with Crippen LogP contribution in [0.4, 0.5) is 23.5 Å². The van der Waals surface area contributed by atoms with Gasteiger partial charge in [-0.05, 0) is 18.2 Å². The number of hydrogen-bond donors (Lipinski definition) is 2. The van der Waals surface area contributed by atoms with Gasteiger partial charge in [0.15, 0.2) is 0 Å². The molecule has 0 unspecified atom stereocenters. The van der Waals surface area contributed by atoms with Crippen LogP contribution in [0.1, 0.15) is 0 Å². The second-order valence-corrected chi connectivity index (χ2v) is 4.59. The smallest absolute Gasteiger partial charge is 0.233 e. The molecule has 1 heterocycles. The molecule has 0 aliphatic heterocycles. The summed E-state index contributed by atoms with van der Waals surface area (Å²) in [4.78, 5) is 14.0. The first-order valence-electron chi connectivity index (χ1n) is 5.79. The molecule has 0 aliphatic carbocycles. The molecule has 0 aliphatic rings. The molecule has 1 aromatic heterocycles. The van der Waals surface area contributed by atoms with Gasteiger partial charge in [-0.15, -0.1) is 0 Å². The van der Waals surface area contributed by atoms with E-state index >= 15 is 0 Å². The Bertz CT molecular complexity index is 619. The molecule has 7 nitrogen and oxygen atoms in total. The number of aromatic nitrogens is 3. The molecule has 106 valence electrons. The van der Waals surface area contributed by atoms with E-state index in [1.165, 1.54) is 0 Å². The molecule has 3 N–H and O–H groups in total. The van der Waals surface area contributed by atoms with Crippen molar-refractivity contribution in [1.82, 2.24) is 15.0 Å². The molecule has 0 saturated carbocycles. The summed E-state index contributed by atoms with van der Waals surface area (Å²) in [5, 5.41) is 3.52. The van der Waals surface area contributed by atoms with Crippen LogP contribution >= 0.6 is 11.6 Å². The molecule has 0 radical (unpaired) electrons. The lowest BCUT2D eigenvalue weighted by molar-refractivity contribution is 0.415. The molecule has 1 aromatic carbocycles. The maximum Gasteiger partial charge on any atom is 0.233 e. The third-order valence-corrected chi connectivity index (χ3v) is 2.74. The molecule has 20 heavy (non-hydrogen) atoms. The first-order valence-corrected chi connectivity index (χ1v) is 6.17. The third kappa shape index (κ3) is 3.18. The van der Waals surface area contributed by atoms with Crippen LogP contribution in [-0.2, 0) is 0 Å². The molecule has 2 rings (SSSR count). The first-order chi connectivity index (χ1) is 9.49. The highest BCUT2D eigenvalue weighted by atomic mass is 35.5. The van der Waals surface area contributed by atoms with E-state index in [-0.39, 0.29) is 5.95 Å². The summed E-state index contributed by atoms with van der Waals surface area (Å²) < 4.78 is 5.09. The Morgan fingerprint density at radius 2 is 2.00 bits per heavy atom. The predicted molar refractivity (Wildman–Crippen MR) is 79.9 cm³/mol. The van der Waals surface area contributed by atoms with Crippen LogP contribution in [0.5, 0.6) is 5.75 Å². The predicted octanol–water partition coefficient (Wildman–Crippen LogP) is 1.93. The van der Waals surface area contributed by atoms with Crippen molar-refractivity contribution in [2.75, 3.05) is 37.2 Å². The lowest BCUT2D eigenvalue weighted by Crippen LogP contribution is -2.15. The molecule has 0 amide bonds. The summed E-state index contributed by atoms with van der Waals surface area (Å²) in [6, 6.07) is 5.28. The lowest BCUT2D eigenvalue weighted by atomic mass is 10.3. The number of hydrogen-bond acceptors (Lipinski definition) is 7. The monoisotopic (exact) mass is 294 g/mol. The van der Waals surface area contributed by atoms with E-state index in [2.05, 4.69) is 20.3 Å². The molecular weight excluding hydrogens is 280 g/mol. The van der Waals surface area contributed by atoms with Gasteiger partial charge >= 0.3 is 0 Å². The SMILES string of the molecule is COc1ccc(Nc2nc(N)nc(N(C)C)n2)cc1Cl. The van der Waals surface area contributed by atoms with Crippen molar-refractivity contribution in [2.24, 2.45) is 0 Å². The molecule has 0 spiro atoms. The van der Waals surface area contributed by atoms with Crippen LogP contribution in [0.15, 0.2) is 18.2 Å². The summed E-state index contributed by atoms with van der Waals surface area (Å²) in [5.41, 5.74) is 6.38. The maximum atomic E-state index is 6.06. The summed E-state index contributed by atoms with van der Waals surface area (Å²) in [7, 11) is 5.20. The van der Waals surface area contributed by atoms with E-state index in [9.17, 15) is 0 Å². The molecule has 0 bridgehead atoms. The minimum absolute atomic E-state index is 0.144. The van der Waals surface area contributed by atoms with Gasteiger partial charge in [-0.3, -0.25) is 0 Å². The molecular formula is C12H15ClN6O. The minimum Gasteiger partial charge on any atom is -0.495 e. The van der Waals surface area contributed by atoms with Crippen molar-refractivity contribution < 1.29 is 4.74 Å². The standard InChI is InChI=1S/C12H15ClN6O/c1-19(2)12-17-10(14)16-11(18-12)15-7-4-5-9(20-3)8(13)6-7/h4-6H,1-3H3,(H3,14,15,16,17,18). The van der Waals surface area contributed by atoms with Gasteiger partial charge in [0.2, 0.25) is 17.8 Å². The molecule has 0 saturated heterocycles. The van der Waals surface area contributed by atoms with Gasteiger partial charge in [0, 0.05) is 19.8 Å². The van der Waals surface area contributed by atoms with Crippen LogP contribution in [0.2, 0.25) is 5.02 Å². The van der Waals surface area contributed by atoms with Crippen LogP contribution < -0.4 is 20.7 Å². The summed E-state index contributed by atoms with van der Waals surface area (Å²) in [5.74, 6) is 1.56. The van der Waals surface area contributed by atoms with Gasteiger partial charge in [0.05, 0.1) is 12.1 Å². The van der Waals surface area contributed by atoms with E-state index in [0.717, 1.165) is 5.69 Å². The maximum absolute atomic E-state index is 6.06. The van der Waals surface area contributed by atoms with E-state index in [0.29, 0.717) is 22.7 Å². The zero-order chi connectivity index (χ0) is 14.7. The number of nitrogen functional groups attached to an aromatic ring is 1. The van der Waals surface area contributed by atoms with Crippen LogP contribution in [0.25, 0.3) is 0 Å². The van der Waals surface area contributed by atoms with Gasteiger partial charge in [0.1, 0.15) is 5.75 Å². The number of nitrogens with zero attached hydrogens (tertiary/aromatic N) is 4. The largest absolute Gasteiger partial charge is 0.495 e. The van der Waals surface area contributed by atoms with Gasteiger partial charge < -0.3 is 20.7 Å². The van der Waals surface area contributed by atoms with Crippen molar-refractivity contribution in [3.8, 4) is 5.75 Å². The zero-order valence-electron chi connectivity index (χ0n) is 11.4. The Morgan fingerprint density at radius 3 is 2.60 bits per heavy atom. The fraction of sp³-hybridized carbons (Fsp3) is 0.250. The van der Waals surface area contributed by atoms with E-state index in [1.807, 2.05) is 14.1 Å². The second-order valence-electron chi connectivity index (χ2n) is 4.19. The van der Waals surface area contributed by atoms with Crippen LogP contribution in [0, 0.1) is 0 Å². The highest BCUT2D eigenvalue weighted by molar-refractivity contribution is 6.32. The Morgan fingerprint density at radius 1 is 1.25 bits per heavy atom.